The first kappa shape index (κ1) is 8.64. The lowest BCUT2D eigenvalue weighted by Crippen LogP contribution is -2.41. The molecule has 3 fully saturated rings. The van der Waals surface area contributed by atoms with Gasteiger partial charge >= 0.3 is 0 Å². The first-order chi connectivity index (χ1) is 6.13. The number of thiol groups is 1. The van der Waals surface area contributed by atoms with Crippen LogP contribution in [0.2, 0.25) is 0 Å². The van der Waals surface area contributed by atoms with E-state index in [1.807, 2.05) is 0 Å². The van der Waals surface area contributed by atoms with E-state index < -0.39 is 0 Å². The van der Waals surface area contributed by atoms with Gasteiger partial charge in [-0.05, 0) is 48.9 Å². The summed E-state index contributed by atoms with van der Waals surface area (Å²) in [4.78, 5) is 0. The van der Waals surface area contributed by atoms with Crippen molar-refractivity contribution in [1.29, 1.82) is 0 Å². The summed E-state index contributed by atoms with van der Waals surface area (Å²) < 4.78 is 0.393. The lowest BCUT2D eigenvalue weighted by molar-refractivity contribution is 0.0712. The highest BCUT2D eigenvalue weighted by atomic mass is 32.1. The molecule has 6 atom stereocenters. The van der Waals surface area contributed by atoms with Crippen molar-refractivity contribution in [1.82, 2.24) is 0 Å². The Bertz CT molecular complexity index is 233. The Morgan fingerprint density at radius 2 is 2.15 bits per heavy atom. The summed E-state index contributed by atoms with van der Waals surface area (Å²) >= 11 is 4.85. The molecular weight excluding hydrogens is 176 g/mol. The Morgan fingerprint density at radius 1 is 1.38 bits per heavy atom. The quantitative estimate of drug-likeness (QED) is 0.611. The molecule has 0 aromatic rings. The minimum atomic E-state index is 0.393. The van der Waals surface area contributed by atoms with E-state index in [0.717, 1.165) is 29.6 Å². The summed E-state index contributed by atoms with van der Waals surface area (Å²) in [5, 5.41) is 0. The topological polar surface area (TPSA) is 0 Å². The van der Waals surface area contributed by atoms with Gasteiger partial charge in [0.05, 0.1) is 0 Å². The average molecular weight is 196 g/mol. The van der Waals surface area contributed by atoms with Gasteiger partial charge < -0.3 is 0 Å². The van der Waals surface area contributed by atoms with Gasteiger partial charge in [0.15, 0.2) is 0 Å². The highest BCUT2D eigenvalue weighted by molar-refractivity contribution is 7.81. The van der Waals surface area contributed by atoms with Gasteiger partial charge in [-0.15, -0.1) is 0 Å². The normalized spacial score (nSPS) is 63.5. The van der Waals surface area contributed by atoms with Crippen molar-refractivity contribution in [3.8, 4) is 0 Å². The Labute approximate surface area is 86.9 Å². The van der Waals surface area contributed by atoms with Gasteiger partial charge in [0.25, 0.3) is 0 Å². The van der Waals surface area contributed by atoms with Crippen LogP contribution >= 0.6 is 12.6 Å². The van der Waals surface area contributed by atoms with E-state index in [4.69, 9.17) is 12.6 Å². The van der Waals surface area contributed by atoms with Crippen LogP contribution in [0.1, 0.15) is 39.5 Å². The molecule has 0 aromatic carbocycles. The third kappa shape index (κ3) is 0.948. The van der Waals surface area contributed by atoms with E-state index >= 15 is 0 Å². The zero-order valence-corrected chi connectivity index (χ0v) is 9.56. The molecule has 0 aliphatic heterocycles. The zero-order valence-electron chi connectivity index (χ0n) is 8.66. The van der Waals surface area contributed by atoms with E-state index in [2.05, 4.69) is 13.8 Å². The highest BCUT2D eigenvalue weighted by Crippen LogP contribution is 2.68. The van der Waals surface area contributed by atoms with Crippen LogP contribution in [-0.2, 0) is 0 Å². The fraction of sp³-hybridized carbons (Fsp3) is 1.00. The summed E-state index contributed by atoms with van der Waals surface area (Å²) in [5.41, 5.74) is 0. The second-order valence-electron chi connectivity index (χ2n) is 5.81. The summed E-state index contributed by atoms with van der Waals surface area (Å²) in [6.45, 7) is 4.75. The Hall–Kier alpha value is 0.350. The molecule has 0 radical (unpaired) electrons. The van der Waals surface area contributed by atoms with Crippen LogP contribution in [0.3, 0.4) is 0 Å². The lowest BCUT2D eigenvalue weighted by atomic mass is 9.62. The molecule has 0 N–H and O–H groups in total. The largest absolute Gasteiger partial charge is 0.172 e. The molecular formula is C12H20S. The zero-order chi connectivity index (χ0) is 9.22. The molecule has 3 saturated carbocycles. The molecule has 5 unspecified atom stereocenters. The minimum absolute atomic E-state index is 0.393. The highest BCUT2D eigenvalue weighted by Gasteiger charge is 2.63. The maximum Gasteiger partial charge on any atom is 0.0135 e. The molecule has 13 heavy (non-hydrogen) atoms. The van der Waals surface area contributed by atoms with Crippen LogP contribution in [0.4, 0.5) is 0 Å². The van der Waals surface area contributed by atoms with Crippen LogP contribution in [0.25, 0.3) is 0 Å². The molecule has 0 heterocycles. The smallest absolute Gasteiger partial charge is 0.0135 e. The number of hydrogen-bond acceptors (Lipinski definition) is 1. The van der Waals surface area contributed by atoms with Crippen LogP contribution in [-0.4, -0.2) is 4.75 Å². The van der Waals surface area contributed by atoms with Gasteiger partial charge in [-0.1, -0.05) is 20.3 Å². The second-order valence-corrected chi connectivity index (χ2v) is 6.83. The van der Waals surface area contributed by atoms with Crippen molar-refractivity contribution < 1.29 is 0 Å². The van der Waals surface area contributed by atoms with E-state index in [9.17, 15) is 0 Å². The van der Waals surface area contributed by atoms with Crippen molar-refractivity contribution >= 4 is 12.6 Å². The van der Waals surface area contributed by atoms with E-state index in [-0.39, 0.29) is 0 Å². The van der Waals surface area contributed by atoms with Crippen molar-refractivity contribution in [3.05, 3.63) is 0 Å². The van der Waals surface area contributed by atoms with Crippen LogP contribution in [0.5, 0.6) is 0 Å². The van der Waals surface area contributed by atoms with Crippen molar-refractivity contribution in [2.24, 2.45) is 29.6 Å². The summed E-state index contributed by atoms with van der Waals surface area (Å²) in [5.74, 6) is 5.30. The molecule has 1 heteroatoms. The fourth-order valence-electron chi connectivity index (χ4n) is 4.66. The van der Waals surface area contributed by atoms with Gasteiger partial charge in [0, 0.05) is 4.75 Å². The molecule has 3 aliphatic rings. The molecule has 0 saturated heterocycles. The molecule has 3 rings (SSSR count). The summed E-state index contributed by atoms with van der Waals surface area (Å²) in [7, 11) is 0. The lowest BCUT2D eigenvalue weighted by Gasteiger charge is -2.46. The van der Waals surface area contributed by atoms with Crippen molar-refractivity contribution in [2.75, 3.05) is 0 Å². The standard InChI is InChI=1S/C12H20S/c1-3-7-4-8-6-12(2,13)10-5-9(7)11(8)10/h7-11,13H,3-6H2,1-2H3/t7?,8?,9-,10?,11?,12?/m1/s1. The Balaban J connectivity index is 1.84. The van der Waals surface area contributed by atoms with Crippen LogP contribution < -0.4 is 0 Å². The number of hydrogen-bond donors (Lipinski definition) is 1. The first-order valence-electron chi connectivity index (χ1n) is 5.86. The Kier molecular flexibility index (Phi) is 1.65. The van der Waals surface area contributed by atoms with Gasteiger partial charge in [0.2, 0.25) is 0 Å². The van der Waals surface area contributed by atoms with Gasteiger partial charge in [-0.3, -0.25) is 0 Å². The minimum Gasteiger partial charge on any atom is -0.172 e. The van der Waals surface area contributed by atoms with Gasteiger partial charge in [-0.25, -0.2) is 0 Å². The maximum atomic E-state index is 4.85. The van der Waals surface area contributed by atoms with E-state index in [1.54, 1.807) is 0 Å². The average Bonchev–Trinajstić information content (AvgIpc) is 2.28. The van der Waals surface area contributed by atoms with E-state index in [1.165, 1.54) is 25.7 Å². The van der Waals surface area contributed by atoms with Crippen LogP contribution in [0.15, 0.2) is 0 Å². The summed E-state index contributed by atoms with van der Waals surface area (Å²) in [6.07, 6.45) is 5.85. The van der Waals surface area contributed by atoms with Gasteiger partial charge in [0.1, 0.15) is 0 Å². The maximum absolute atomic E-state index is 4.85. The first-order valence-corrected chi connectivity index (χ1v) is 6.30. The molecule has 3 aliphatic carbocycles. The SMILES string of the molecule is CCC1CC2CC(C)(S)C3C[C@H]1C23. The number of rotatable bonds is 1. The molecule has 0 bridgehead atoms. The summed E-state index contributed by atoms with van der Waals surface area (Å²) in [6, 6.07) is 0. The Morgan fingerprint density at radius 3 is 2.77 bits per heavy atom. The predicted octanol–water partition coefficient (Wildman–Crippen LogP) is 3.38. The fourth-order valence-corrected chi connectivity index (χ4v) is 5.17. The third-order valence-corrected chi connectivity index (χ3v) is 5.75. The molecule has 0 spiro atoms. The monoisotopic (exact) mass is 196 g/mol. The van der Waals surface area contributed by atoms with Crippen LogP contribution in [0, 0.1) is 29.6 Å². The molecule has 0 nitrogen and oxygen atoms in total. The molecule has 0 aromatic heterocycles. The second kappa shape index (κ2) is 2.48. The van der Waals surface area contributed by atoms with E-state index in [0.29, 0.717) is 4.75 Å². The third-order valence-electron chi connectivity index (χ3n) is 5.24. The predicted molar refractivity (Wildman–Crippen MR) is 59.0 cm³/mol. The molecule has 0 amide bonds. The van der Waals surface area contributed by atoms with Crippen molar-refractivity contribution in [2.45, 2.75) is 44.3 Å². The van der Waals surface area contributed by atoms with Gasteiger partial charge in [-0.2, -0.15) is 12.6 Å². The molecule has 74 valence electrons. The van der Waals surface area contributed by atoms with Crippen molar-refractivity contribution in [3.63, 3.8) is 0 Å².